The number of hydrogen-bond acceptors (Lipinski definition) is 8. The molecule has 0 saturated carbocycles. The molecule has 0 radical (unpaired) electrons. The second kappa shape index (κ2) is 14.6. The van der Waals surface area contributed by atoms with Crippen molar-refractivity contribution in [3.8, 4) is 17.2 Å². The normalized spacial score (nSPS) is 14.6. The number of thiazole rings is 1. The van der Waals surface area contributed by atoms with Crippen LogP contribution in [0.1, 0.15) is 50.4 Å². The van der Waals surface area contributed by atoms with Crippen LogP contribution in [0.3, 0.4) is 0 Å². The number of aromatic nitrogens is 1. The van der Waals surface area contributed by atoms with Gasteiger partial charge in [0.05, 0.1) is 55.3 Å². The van der Waals surface area contributed by atoms with E-state index in [1.807, 2.05) is 50.3 Å². The molecule has 5 rings (SSSR count). The molecule has 3 aromatic carbocycles. The number of fused-ring (bicyclic) bond motifs is 1. The van der Waals surface area contributed by atoms with Gasteiger partial charge < -0.3 is 18.9 Å². The molecule has 0 saturated heterocycles. The first-order valence-electron chi connectivity index (χ1n) is 14.4. The lowest BCUT2D eigenvalue weighted by atomic mass is 9.95. The fourth-order valence-corrected chi connectivity index (χ4v) is 7.04. The first-order chi connectivity index (χ1) is 22.0. The van der Waals surface area contributed by atoms with Crippen LogP contribution in [0.15, 0.2) is 75.7 Å². The molecular formula is C34H31Cl2IN2O6S. The average molecular weight is 794 g/mol. The highest BCUT2D eigenvalue weighted by Crippen LogP contribution is 2.36. The van der Waals surface area contributed by atoms with E-state index in [0.29, 0.717) is 60.1 Å². The molecule has 0 unspecified atom stereocenters. The Bertz CT molecular complexity index is 2020. The molecule has 0 spiro atoms. The Balaban J connectivity index is 1.54. The number of ether oxygens (including phenoxy) is 4. The van der Waals surface area contributed by atoms with Gasteiger partial charge in [-0.3, -0.25) is 9.36 Å². The minimum absolute atomic E-state index is 0.0686. The van der Waals surface area contributed by atoms with Gasteiger partial charge in [0.2, 0.25) is 0 Å². The van der Waals surface area contributed by atoms with Gasteiger partial charge in [-0.05, 0) is 109 Å². The summed E-state index contributed by atoms with van der Waals surface area (Å²) < 4.78 is 25.9. The van der Waals surface area contributed by atoms with Gasteiger partial charge >= 0.3 is 5.97 Å². The number of carbonyl (C=O) groups excluding carboxylic acids is 1. The van der Waals surface area contributed by atoms with Crippen LogP contribution in [0.5, 0.6) is 17.2 Å². The molecule has 12 heteroatoms. The van der Waals surface area contributed by atoms with Crippen molar-refractivity contribution < 1.29 is 23.7 Å². The molecule has 4 aromatic rings. The summed E-state index contributed by atoms with van der Waals surface area (Å²) in [6, 6.07) is 15.7. The van der Waals surface area contributed by atoms with Crippen LogP contribution in [0, 0.1) is 3.57 Å². The third kappa shape index (κ3) is 7.30. The molecule has 2 heterocycles. The van der Waals surface area contributed by atoms with Crippen LogP contribution in [0.2, 0.25) is 10.0 Å². The van der Waals surface area contributed by atoms with E-state index >= 15 is 0 Å². The van der Waals surface area contributed by atoms with Gasteiger partial charge in [-0.25, -0.2) is 9.79 Å². The smallest absolute Gasteiger partial charge is 0.338 e. The van der Waals surface area contributed by atoms with Gasteiger partial charge in [-0.1, -0.05) is 52.7 Å². The molecule has 0 fully saturated rings. The maximum absolute atomic E-state index is 14.1. The zero-order valence-corrected chi connectivity index (χ0v) is 30.2. The summed E-state index contributed by atoms with van der Waals surface area (Å²) in [7, 11) is 1.55. The molecule has 8 nitrogen and oxygen atoms in total. The third-order valence-electron chi connectivity index (χ3n) is 7.02. The van der Waals surface area contributed by atoms with Crippen molar-refractivity contribution in [1.29, 1.82) is 0 Å². The Morgan fingerprint density at radius 2 is 1.83 bits per heavy atom. The molecule has 0 aliphatic carbocycles. The van der Waals surface area contributed by atoms with Crippen molar-refractivity contribution in [3.05, 3.63) is 116 Å². The SMILES string of the molecule is CCOC(=O)C1=C(C)N=c2s/c(=C\c3ccc(OCc4ccc(Cl)c(Cl)c4)c(I)c3)c(=O)n2[C@@H]1c1ccc(OC(C)C)c(OC)c1. The quantitative estimate of drug-likeness (QED) is 0.126. The van der Waals surface area contributed by atoms with Gasteiger partial charge in [-0.15, -0.1) is 0 Å². The Morgan fingerprint density at radius 1 is 1.07 bits per heavy atom. The van der Waals surface area contributed by atoms with E-state index in [1.165, 1.54) is 11.3 Å². The zero-order valence-electron chi connectivity index (χ0n) is 25.7. The van der Waals surface area contributed by atoms with Gasteiger partial charge in [0.25, 0.3) is 5.56 Å². The highest BCUT2D eigenvalue weighted by Gasteiger charge is 2.34. The molecular weight excluding hydrogens is 762 g/mol. The number of rotatable bonds is 10. The van der Waals surface area contributed by atoms with E-state index in [9.17, 15) is 9.59 Å². The summed E-state index contributed by atoms with van der Waals surface area (Å²) in [5, 5.41) is 0.958. The third-order valence-corrected chi connectivity index (χ3v) is 9.58. The molecule has 0 bridgehead atoms. The number of esters is 1. The van der Waals surface area contributed by atoms with E-state index < -0.39 is 12.0 Å². The lowest BCUT2D eigenvalue weighted by Crippen LogP contribution is -2.40. The number of nitrogens with zero attached hydrogens (tertiary/aromatic N) is 2. The zero-order chi connectivity index (χ0) is 33.1. The van der Waals surface area contributed by atoms with Crippen molar-refractivity contribution in [3.63, 3.8) is 0 Å². The first kappa shape index (κ1) is 34.0. The molecule has 1 aliphatic rings. The monoisotopic (exact) mass is 792 g/mol. The van der Waals surface area contributed by atoms with Crippen LogP contribution in [0.4, 0.5) is 0 Å². The second-order valence-electron chi connectivity index (χ2n) is 10.6. The molecule has 0 amide bonds. The maximum atomic E-state index is 14.1. The lowest BCUT2D eigenvalue weighted by Gasteiger charge is -2.25. The Labute approximate surface area is 294 Å². The number of methoxy groups -OCH3 is 1. The fraction of sp³-hybridized carbons (Fsp3) is 0.265. The van der Waals surface area contributed by atoms with E-state index in [-0.39, 0.29) is 18.3 Å². The minimum Gasteiger partial charge on any atom is -0.493 e. The van der Waals surface area contributed by atoms with Gasteiger partial charge in [0, 0.05) is 0 Å². The molecule has 1 aromatic heterocycles. The summed E-state index contributed by atoms with van der Waals surface area (Å²) in [6.07, 6.45) is 1.75. The molecule has 46 heavy (non-hydrogen) atoms. The largest absolute Gasteiger partial charge is 0.493 e. The predicted molar refractivity (Wildman–Crippen MR) is 189 cm³/mol. The number of carbonyl (C=O) groups is 1. The van der Waals surface area contributed by atoms with Crippen molar-refractivity contribution in [2.45, 2.75) is 46.4 Å². The summed E-state index contributed by atoms with van der Waals surface area (Å²) in [5.41, 5.74) is 2.86. The Kier molecular flexibility index (Phi) is 10.8. The average Bonchev–Trinajstić information content (AvgIpc) is 3.31. The summed E-state index contributed by atoms with van der Waals surface area (Å²) in [5.74, 6) is 1.21. The van der Waals surface area contributed by atoms with Crippen LogP contribution in [-0.4, -0.2) is 30.4 Å². The van der Waals surface area contributed by atoms with Crippen molar-refractivity contribution in [2.24, 2.45) is 4.99 Å². The van der Waals surface area contributed by atoms with Gasteiger partial charge in [0.1, 0.15) is 12.4 Å². The topological polar surface area (TPSA) is 88.4 Å². The van der Waals surface area contributed by atoms with Crippen molar-refractivity contribution >= 4 is 69.2 Å². The van der Waals surface area contributed by atoms with Crippen LogP contribution < -0.4 is 29.1 Å². The van der Waals surface area contributed by atoms with Gasteiger partial charge in [0.15, 0.2) is 16.3 Å². The predicted octanol–water partition coefficient (Wildman–Crippen LogP) is 7.08. The molecule has 0 N–H and O–H groups in total. The fourth-order valence-electron chi connectivity index (χ4n) is 4.98. The maximum Gasteiger partial charge on any atom is 0.338 e. The van der Waals surface area contributed by atoms with E-state index in [1.54, 1.807) is 49.8 Å². The van der Waals surface area contributed by atoms with E-state index in [0.717, 1.165) is 14.7 Å². The Morgan fingerprint density at radius 3 is 2.50 bits per heavy atom. The number of hydrogen-bond donors (Lipinski definition) is 0. The van der Waals surface area contributed by atoms with E-state index in [2.05, 4.69) is 27.6 Å². The van der Waals surface area contributed by atoms with Crippen LogP contribution >= 0.6 is 57.1 Å². The van der Waals surface area contributed by atoms with Crippen LogP contribution in [-0.2, 0) is 16.1 Å². The number of halogens is 3. The molecule has 240 valence electrons. The first-order valence-corrected chi connectivity index (χ1v) is 17.1. The standard InChI is InChI=1S/C34H31Cl2IN2O6S/c1-6-43-33(41)30-19(4)38-34-39(31(30)22-9-12-27(45-18(2)3)28(16-22)42-5)32(40)29(46-34)15-20-8-11-26(25(37)14-20)44-17-21-7-10-23(35)24(36)13-21/h7-16,18,31H,6,17H2,1-5H3/b29-15-/t31-/m1/s1. The van der Waals surface area contributed by atoms with Crippen molar-refractivity contribution in [1.82, 2.24) is 4.57 Å². The summed E-state index contributed by atoms with van der Waals surface area (Å²) in [4.78, 5) is 32.5. The second-order valence-corrected chi connectivity index (χ2v) is 13.6. The lowest BCUT2D eigenvalue weighted by molar-refractivity contribution is -0.139. The summed E-state index contributed by atoms with van der Waals surface area (Å²) >= 11 is 15.6. The molecule has 1 atom stereocenters. The number of allylic oxidation sites excluding steroid dienone is 1. The molecule has 1 aliphatic heterocycles. The Hall–Kier alpha value is -3.32. The summed E-state index contributed by atoms with van der Waals surface area (Å²) in [6.45, 7) is 7.85. The minimum atomic E-state index is -0.781. The van der Waals surface area contributed by atoms with E-state index in [4.69, 9.17) is 42.1 Å². The van der Waals surface area contributed by atoms with Gasteiger partial charge in [-0.2, -0.15) is 0 Å². The highest BCUT2D eigenvalue weighted by molar-refractivity contribution is 14.1. The number of benzene rings is 3. The highest BCUT2D eigenvalue weighted by atomic mass is 127. The van der Waals surface area contributed by atoms with Crippen LogP contribution in [0.25, 0.3) is 6.08 Å². The van der Waals surface area contributed by atoms with Crippen molar-refractivity contribution in [2.75, 3.05) is 13.7 Å².